The van der Waals surface area contributed by atoms with Crippen molar-refractivity contribution in [2.45, 2.75) is 0 Å². The zero-order valence-corrected chi connectivity index (χ0v) is 13.7. The number of nitrogens with zero attached hydrogens (tertiary/aromatic N) is 3. The third-order valence-corrected chi connectivity index (χ3v) is 5.36. The highest BCUT2D eigenvalue weighted by Crippen LogP contribution is 2.14. The minimum atomic E-state index is -3.26. The molecule has 1 aromatic heterocycles. The predicted octanol–water partition coefficient (Wildman–Crippen LogP) is 0.196. The lowest BCUT2D eigenvalue weighted by molar-refractivity contribution is 0.0781. The molecule has 0 saturated carbocycles. The average molecular weight is 329 g/mol. The van der Waals surface area contributed by atoms with E-state index in [-0.39, 0.29) is 12.4 Å². The van der Waals surface area contributed by atoms with Crippen molar-refractivity contribution >= 4 is 15.8 Å². The summed E-state index contributed by atoms with van der Waals surface area (Å²) in [6.07, 6.45) is 1.75. The molecule has 0 aromatic carbocycles. The molecule has 0 amide bonds. The monoisotopic (exact) mass is 329 g/mol. The highest BCUT2D eigenvalue weighted by atomic mass is 32.2. The standard InChI is InChI=1S/C14H23N3O4S/c1-20-10-11-21-12-13-22(18,19)17-8-6-16(7-9-17)14-4-2-3-5-15-14/h2-5H,6-13H2,1H3. The van der Waals surface area contributed by atoms with Crippen LogP contribution >= 0.6 is 0 Å². The van der Waals surface area contributed by atoms with Gasteiger partial charge in [0.2, 0.25) is 10.0 Å². The Morgan fingerprint density at radius 1 is 1.14 bits per heavy atom. The molecule has 0 N–H and O–H groups in total. The van der Waals surface area contributed by atoms with Gasteiger partial charge in [0.1, 0.15) is 5.82 Å². The lowest BCUT2D eigenvalue weighted by Gasteiger charge is -2.34. The third-order valence-electron chi connectivity index (χ3n) is 3.52. The number of rotatable bonds is 8. The Kier molecular flexibility index (Phi) is 6.56. The fraction of sp³-hybridized carbons (Fsp3) is 0.643. The van der Waals surface area contributed by atoms with E-state index in [4.69, 9.17) is 9.47 Å². The van der Waals surface area contributed by atoms with Gasteiger partial charge in [-0.3, -0.25) is 0 Å². The summed E-state index contributed by atoms with van der Waals surface area (Å²) in [7, 11) is -1.67. The predicted molar refractivity (Wildman–Crippen MR) is 84.5 cm³/mol. The Hall–Kier alpha value is -1.22. The number of anilines is 1. The van der Waals surface area contributed by atoms with E-state index in [1.54, 1.807) is 13.3 Å². The minimum absolute atomic E-state index is 0.0142. The second-order valence-electron chi connectivity index (χ2n) is 5.00. The molecule has 2 rings (SSSR count). The summed E-state index contributed by atoms with van der Waals surface area (Å²) in [6, 6.07) is 5.74. The molecule has 2 heterocycles. The highest BCUT2D eigenvalue weighted by molar-refractivity contribution is 7.89. The van der Waals surface area contributed by atoms with Crippen molar-refractivity contribution in [1.82, 2.24) is 9.29 Å². The van der Waals surface area contributed by atoms with Gasteiger partial charge in [0.05, 0.1) is 25.6 Å². The van der Waals surface area contributed by atoms with Crippen LogP contribution in [0.4, 0.5) is 5.82 Å². The maximum atomic E-state index is 12.2. The first-order valence-electron chi connectivity index (χ1n) is 7.34. The largest absolute Gasteiger partial charge is 0.382 e. The number of ether oxygens (including phenoxy) is 2. The van der Waals surface area contributed by atoms with E-state index >= 15 is 0 Å². The summed E-state index contributed by atoms with van der Waals surface area (Å²) < 4.78 is 36.1. The van der Waals surface area contributed by atoms with Crippen LogP contribution < -0.4 is 4.90 Å². The zero-order valence-electron chi connectivity index (χ0n) is 12.8. The van der Waals surface area contributed by atoms with Crippen molar-refractivity contribution in [1.29, 1.82) is 0 Å². The topological polar surface area (TPSA) is 72.0 Å². The first kappa shape index (κ1) is 17.1. The van der Waals surface area contributed by atoms with Gasteiger partial charge in [-0.2, -0.15) is 4.31 Å². The summed E-state index contributed by atoms with van der Waals surface area (Å²) in [5.41, 5.74) is 0. The zero-order chi connectivity index (χ0) is 15.8. The Bertz CT molecular complexity index is 530. The minimum Gasteiger partial charge on any atom is -0.382 e. The molecular weight excluding hydrogens is 306 g/mol. The highest BCUT2D eigenvalue weighted by Gasteiger charge is 2.26. The van der Waals surface area contributed by atoms with E-state index in [0.29, 0.717) is 39.4 Å². The Balaban J connectivity index is 1.78. The van der Waals surface area contributed by atoms with Crippen molar-refractivity contribution in [3.8, 4) is 0 Å². The number of pyridine rings is 1. The third kappa shape index (κ3) is 4.91. The molecule has 22 heavy (non-hydrogen) atoms. The van der Waals surface area contributed by atoms with Gasteiger partial charge in [-0.25, -0.2) is 13.4 Å². The van der Waals surface area contributed by atoms with E-state index in [2.05, 4.69) is 9.88 Å². The Labute approximate surface area is 131 Å². The second kappa shape index (κ2) is 8.42. The molecule has 1 fully saturated rings. The summed E-state index contributed by atoms with van der Waals surface area (Å²) >= 11 is 0. The van der Waals surface area contributed by atoms with Crippen LogP contribution in [0.15, 0.2) is 24.4 Å². The van der Waals surface area contributed by atoms with Crippen LogP contribution in [-0.4, -0.2) is 76.6 Å². The number of methoxy groups -OCH3 is 1. The summed E-state index contributed by atoms with van der Waals surface area (Å²) in [5, 5.41) is 0. The first-order chi connectivity index (χ1) is 10.6. The number of piperazine rings is 1. The van der Waals surface area contributed by atoms with Crippen LogP contribution in [0.5, 0.6) is 0 Å². The SMILES string of the molecule is COCCOCCS(=O)(=O)N1CCN(c2ccccn2)CC1. The van der Waals surface area contributed by atoms with E-state index < -0.39 is 10.0 Å². The smallest absolute Gasteiger partial charge is 0.216 e. The molecule has 0 atom stereocenters. The van der Waals surface area contributed by atoms with Crippen molar-refractivity contribution in [2.24, 2.45) is 0 Å². The van der Waals surface area contributed by atoms with Crippen LogP contribution in [0.1, 0.15) is 0 Å². The fourth-order valence-electron chi connectivity index (χ4n) is 2.27. The number of aromatic nitrogens is 1. The maximum Gasteiger partial charge on any atom is 0.216 e. The quantitative estimate of drug-likeness (QED) is 0.634. The van der Waals surface area contributed by atoms with E-state index in [0.717, 1.165) is 5.82 Å². The number of hydrogen-bond acceptors (Lipinski definition) is 6. The lowest BCUT2D eigenvalue weighted by Crippen LogP contribution is -2.49. The molecule has 0 bridgehead atoms. The Morgan fingerprint density at radius 2 is 1.91 bits per heavy atom. The van der Waals surface area contributed by atoms with Crippen molar-refractivity contribution in [3.05, 3.63) is 24.4 Å². The first-order valence-corrected chi connectivity index (χ1v) is 8.95. The summed E-state index contributed by atoms with van der Waals surface area (Å²) in [4.78, 5) is 6.39. The van der Waals surface area contributed by atoms with Crippen LogP contribution in [0.2, 0.25) is 0 Å². The van der Waals surface area contributed by atoms with Gasteiger partial charge in [0.25, 0.3) is 0 Å². The van der Waals surface area contributed by atoms with Crippen LogP contribution in [0, 0.1) is 0 Å². The lowest BCUT2D eigenvalue weighted by atomic mass is 10.3. The van der Waals surface area contributed by atoms with Gasteiger partial charge in [-0.1, -0.05) is 6.07 Å². The van der Waals surface area contributed by atoms with Crippen molar-refractivity contribution < 1.29 is 17.9 Å². The molecule has 124 valence electrons. The van der Waals surface area contributed by atoms with Crippen LogP contribution in [0.25, 0.3) is 0 Å². The number of sulfonamides is 1. The molecule has 1 saturated heterocycles. The molecule has 1 aliphatic rings. The van der Waals surface area contributed by atoms with E-state index in [9.17, 15) is 8.42 Å². The van der Waals surface area contributed by atoms with Gasteiger partial charge in [0, 0.05) is 39.5 Å². The molecule has 0 unspecified atom stereocenters. The molecular formula is C14H23N3O4S. The molecule has 1 aliphatic heterocycles. The van der Waals surface area contributed by atoms with E-state index in [1.165, 1.54) is 4.31 Å². The fourth-order valence-corrected chi connectivity index (χ4v) is 3.58. The van der Waals surface area contributed by atoms with Gasteiger partial charge in [-0.15, -0.1) is 0 Å². The summed E-state index contributed by atoms with van der Waals surface area (Å²) in [6.45, 7) is 3.37. The van der Waals surface area contributed by atoms with Gasteiger partial charge in [0.15, 0.2) is 0 Å². The van der Waals surface area contributed by atoms with E-state index in [1.807, 2.05) is 18.2 Å². The normalized spacial score (nSPS) is 16.9. The van der Waals surface area contributed by atoms with Gasteiger partial charge in [-0.05, 0) is 12.1 Å². The van der Waals surface area contributed by atoms with Crippen molar-refractivity contribution in [2.75, 3.05) is 63.8 Å². The average Bonchev–Trinajstić information content (AvgIpc) is 2.55. The van der Waals surface area contributed by atoms with Crippen LogP contribution in [-0.2, 0) is 19.5 Å². The maximum absolute atomic E-state index is 12.2. The molecule has 8 heteroatoms. The molecule has 0 aliphatic carbocycles. The Morgan fingerprint density at radius 3 is 2.55 bits per heavy atom. The second-order valence-corrected chi connectivity index (χ2v) is 7.08. The van der Waals surface area contributed by atoms with Gasteiger partial charge < -0.3 is 14.4 Å². The number of hydrogen-bond donors (Lipinski definition) is 0. The molecule has 0 radical (unpaired) electrons. The van der Waals surface area contributed by atoms with Gasteiger partial charge >= 0.3 is 0 Å². The van der Waals surface area contributed by atoms with Crippen molar-refractivity contribution in [3.63, 3.8) is 0 Å². The summed E-state index contributed by atoms with van der Waals surface area (Å²) in [5.74, 6) is 0.905. The van der Waals surface area contributed by atoms with Crippen LogP contribution in [0.3, 0.4) is 0 Å². The molecule has 7 nitrogen and oxygen atoms in total. The molecule has 0 spiro atoms. The molecule has 1 aromatic rings.